The predicted octanol–water partition coefficient (Wildman–Crippen LogP) is 4.69. The first-order valence-corrected chi connectivity index (χ1v) is 9.69. The van der Waals surface area contributed by atoms with Crippen molar-refractivity contribution in [2.24, 2.45) is 5.73 Å². The van der Waals surface area contributed by atoms with E-state index in [2.05, 4.69) is 15.3 Å². The van der Waals surface area contributed by atoms with Crippen LogP contribution in [-0.2, 0) is 5.54 Å². The highest BCUT2D eigenvalue weighted by molar-refractivity contribution is 5.74. The minimum absolute atomic E-state index is 0.364. The van der Waals surface area contributed by atoms with Gasteiger partial charge in [0.05, 0.1) is 6.20 Å². The number of anilines is 1. The minimum atomic E-state index is -0.799. The summed E-state index contributed by atoms with van der Waals surface area (Å²) in [6.07, 6.45) is 9.47. The van der Waals surface area contributed by atoms with Crippen LogP contribution in [0.15, 0.2) is 81.2 Å². The molecule has 1 aromatic carbocycles. The van der Waals surface area contributed by atoms with Crippen molar-refractivity contribution in [1.82, 2.24) is 15.0 Å². The number of rotatable bonds is 4. The second kappa shape index (κ2) is 6.88. The Bertz CT molecular complexity index is 1290. The van der Waals surface area contributed by atoms with Gasteiger partial charge >= 0.3 is 0 Å². The smallest absolute Gasteiger partial charge is 0.296 e. The third kappa shape index (κ3) is 3.04. The Morgan fingerprint density at radius 2 is 1.90 bits per heavy atom. The molecule has 0 amide bonds. The van der Waals surface area contributed by atoms with Crippen LogP contribution in [0, 0.1) is 6.92 Å². The highest BCUT2D eigenvalue weighted by Crippen LogP contribution is 2.41. The van der Waals surface area contributed by atoms with Gasteiger partial charge in [0.2, 0.25) is 5.89 Å². The van der Waals surface area contributed by atoms with Crippen molar-refractivity contribution in [3.8, 4) is 11.3 Å². The summed E-state index contributed by atoms with van der Waals surface area (Å²) in [6.45, 7) is 4.05. The molecule has 0 saturated carbocycles. The highest BCUT2D eigenvalue weighted by Gasteiger charge is 2.42. The number of aryl methyl sites for hydroxylation is 1. The lowest BCUT2D eigenvalue weighted by molar-refractivity contribution is 0.393. The fourth-order valence-corrected chi connectivity index (χ4v) is 3.70. The molecule has 1 aliphatic rings. The van der Waals surface area contributed by atoms with Crippen LogP contribution in [0.4, 0.5) is 6.01 Å². The molecule has 3 heterocycles. The summed E-state index contributed by atoms with van der Waals surface area (Å²) in [6, 6.07) is 10.0. The van der Waals surface area contributed by atoms with Crippen LogP contribution in [0.2, 0.25) is 0 Å². The second-order valence-electron chi connectivity index (χ2n) is 7.55. The van der Waals surface area contributed by atoms with E-state index in [0.29, 0.717) is 29.8 Å². The van der Waals surface area contributed by atoms with Gasteiger partial charge in [-0.15, -0.1) is 0 Å². The molecule has 0 radical (unpaired) electrons. The first-order chi connectivity index (χ1) is 14.5. The van der Waals surface area contributed by atoms with E-state index in [1.807, 2.05) is 56.3 Å². The Kier molecular flexibility index (Phi) is 4.17. The fourth-order valence-electron chi connectivity index (χ4n) is 3.70. The number of hydrogen-bond donors (Lipinski definition) is 2. The number of oxazole rings is 2. The Balaban J connectivity index is 1.58. The van der Waals surface area contributed by atoms with Crippen LogP contribution in [-0.4, -0.2) is 15.0 Å². The molecule has 30 heavy (non-hydrogen) atoms. The molecular weight excluding hydrogens is 378 g/mol. The second-order valence-corrected chi connectivity index (χ2v) is 7.55. The van der Waals surface area contributed by atoms with Crippen molar-refractivity contribution in [3.63, 3.8) is 0 Å². The summed E-state index contributed by atoms with van der Waals surface area (Å²) >= 11 is 0. The summed E-state index contributed by atoms with van der Waals surface area (Å²) < 4.78 is 12.2. The van der Waals surface area contributed by atoms with E-state index in [9.17, 15) is 0 Å². The monoisotopic (exact) mass is 399 g/mol. The Morgan fingerprint density at radius 3 is 2.73 bits per heavy atom. The molecule has 1 unspecified atom stereocenters. The Morgan fingerprint density at radius 1 is 1.07 bits per heavy atom. The zero-order valence-corrected chi connectivity index (χ0v) is 16.7. The number of nitrogens with one attached hydrogen (secondary N) is 1. The van der Waals surface area contributed by atoms with Crippen molar-refractivity contribution < 1.29 is 8.83 Å². The van der Waals surface area contributed by atoms with Gasteiger partial charge in [-0.25, -0.2) is 9.97 Å². The maximum absolute atomic E-state index is 6.23. The molecule has 1 atom stereocenters. The third-order valence-corrected chi connectivity index (χ3v) is 5.39. The molecule has 0 fully saturated rings. The van der Waals surface area contributed by atoms with Crippen LogP contribution >= 0.6 is 0 Å². The number of benzene rings is 1. The summed E-state index contributed by atoms with van der Waals surface area (Å²) in [4.78, 5) is 13.3. The Labute approximate surface area is 173 Å². The quantitative estimate of drug-likeness (QED) is 0.513. The molecule has 7 nitrogen and oxygen atoms in total. The van der Waals surface area contributed by atoms with Crippen molar-refractivity contribution in [1.29, 1.82) is 0 Å². The summed E-state index contributed by atoms with van der Waals surface area (Å²) in [5.41, 5.74) is 10.7. The summed E-state index contributed by atoms with van der Waals surface area (Å²) in [5, 5.41) is 3.42. The first-order valence-electron chi connectivity index (χ1n) is 9.69. The van der Waals surface area contributed by atoms with E-state index in [1.54, 1.807) is 18.6 Å². The number of allylic oxidation sites excluding steroid dienone is 2. The van der Waals surface area contributed by atoms with Gasteiger partial charge in [-0.1, -0.05) is 12.1 Å². The van der Waals surface area contributed by atoms with E-state index in [-0.39, 0.29) is 0 Å². The first kappa shape index (κ1) is 18.2. The fraction of sp³-hybridized carbons (Fsp3) is 0.174. The van der Waals surface area contributed by atoms with Crippen LogP contribution in [0.1, 0.15) is 24.8 Å². The molecule has 0 bridgehead atoms. The number of aromatic nitrogens is 3. The molecule has 150 valence electrons. The maximum atomic E-state index is 6.23. The number of hydrogen-bond acceptors (Lipinski definition) is 7. The topological polar surface area (TPSA) is 103 Å². The van der Waals surface area contributed by atoms with Crippen LogP contribution in [0.5, 0.6) is 0 Å². The molecule has 7 heteroatoms. The van der Waals surface area contributed by atoms with Gasteiger partial charge in [0.25, 0.3) is 6.01 Å². The van der Waals surface area contributed by atoms with Gasteiger partial charge in [0, 0.05) is 30.1 Å². The molecule has 0 saturated heterocycles. The van der Waals surface area contributed by atoms with Gasteiger partial charge in [0.1, 0.15) is 11.1 Å². The lowest BCUT2D eigenvalue weighted by Crippen LogP contribution is -2.40. The molecule has 0 aliphatic heterocycles. The molecule has 3 N–H and O–H groups in total. The van der Waals surface area contributed by atoms with E-state index in [4.69, 9.17) is 19.6 Å². The number of nitrogens with zero attached hydrogens (tertiary/aromatic N) is 3. The van der Waals surface area contributed by atoms with E-state index < -0.39 is 5.54 Å². The molecule has 1 aliphatic carbocycles. The van der Waals surface area contributed by atoms with E-state index in [1.165, 1.54) is 0 Å². The van der Waals surface area contributed by atoms with Gasteiger partial charge < -0.3 is 19.9 Å². The predicted molar refractivity (Wildman–Crippen MR) is 114 cm³/mol. The van der Waals surface area contributed by atoms with Crippen molar-refractivity contribution in [2.45, 2.75) is 25.8 Å². The lowest BCUT2D eigenvalue weighted by atomic mass is 9.82. The van der Waals surface area contributed by atoms with Crippen LogP contribution in [0.3, 0.4) is 0 Å². The van der Waals surface area contributed by atoms with Crippen molar-refractivity contribution >= 4 is 17.1 Å². The minimum Gasteiger partial charge on any atom is -0.438 e. The third-order valence-electron chi connectivity index (χ3n) is 5.39. The zero-order valence-electron chi connectivity index (χ0n) is 16.7. The molecule has 0 spiro atoms. The average molecular weight is 399 g/mol. The zero-order chi connectivity index (χ0) is 20.7. The van der Waals surface area contributed by atoms with Crippen LogP contribution < -0.4 is 11.1 Å². The summed E-state index contributed by atoms with van der Waals surface area (Å²) in [5.74, 6) is 1.17. The number of nitrogens with two attached hydrogens (primary N) is 1. The number of pyridine rings is 1. The SMILES string of the molecule is CC1=CC=C(N)CC1(Nc1ncc(-c2ccncc2)o1)c1nc2cc(C)ccc2o1. The molecular formula is C23H21N5O2. The standard InChI is InChI=1S/C23H21N5O2/c1-14-3-6-19-18(11-14)27-21(29-19)23(12-17(24)5-4-15(23)2)28-22-26-13-20(30-22)16-7-9-25-10-8-16/h3-11,13H,12,24H2,1-2H3,(H,26,28). The highest BCUT2D eigenvalue weighted by atomic mass is 16.4. The van der Waals surface area contributed by atoms with Gasteiger partial charge in [-0.2, -0.15) is 0 Å². The van der Waals surface area contributed by atoms with Gasteiger partial charge in [-0.3, -0.25) is 4.98 Å². The van der Waals surface area contributed by atoms with Gasteiger partial charge in [-0.05, 0) is 55.3 Å². The molecule has 4 aromatic rings. The Hall–Kier alpha value is -3.87. The van der Waals surface area contributed by atoms with Crippen LogP contribution in [0.25, 0.3) is 22.4 Å². The van der Waals surface area contributed by atoms with Crippen molar-refractivity contribution in [2.75, 3.05) is 5.32 Å². The molecule has 5 rings (SSSR count). The maximum Gasteiger partial charge on any atom is 0.296 e. The van der Waals surface area contributed by atoms with E-state index in [0.717, 1.165) is 27.8 Å². The lowest BCUT2D eigenvalue weighted by Gasteiger charge is -2.34. The largest absolute Gasteiger partial charge is 0.438 e. The average Bonchev–Trinajstić information content (AvgIpc) is 3.38. The van der Waals surface area contributed by atoms with Gasteiger partial charge in [0.15, 0.2) is 11.3 Å². The summed E-state index contributed by atoms with van der Waals surface area (Å²) in [7, 11) is 0. The van der Waals surface area contributed by atoms with E-state index >= 15 is 0 Å². The molecule has 3 aromatic heterocycles. The number of fused-ring (bicyclic) bond motifs is 1. The normalized spacial score (nSPS) is 18.9. The van der Waals surface area contributed by atoms with Crippen molar-refractivity contribution in [3.05, 3.63) is 83.8 Å².